The predicted octanol–water partition coefficient (Wildman–Crippen LogP) is 5.13. The van der Waals surface area contributed by atoms with Gasteiger partial charge in [-0.15, -0.1) is 11.3 Å². The van der Waals surface area contributed by atoms with E-state index in [0.717, 1.165) is 69.9 Å². The number of carbonyl (C=O) groups excluding carboxylic acids is 1. The van der Waals surface area contributed by atoms with Gasteiger partial charge in [-0.25, -0.2) is 4.98 Å². The van der Waals surface area contributed by atoms with Crippen molar-refractivity contribution in [2.24, 2.45) is 0 Å². The van der Waals surface area contributed by atoms with Crippen LogP contribution in [0.15, 0.2) is 54.0 Å². The average molecular weight is 485 g/mol. The average Bonchev–Trinajstić information content (AvgIpc) is 3.37. The van der Waals surface area contributed by atoms with Crippen molar-refractivity contribution in [2.45, 2.75) is 44.7 Å². The predicted molar refractivity (Wildman–Crippen MR) is 139 cm³/mol. The molecule has 1 aliphatic carbocycles. The van der Waals surface area contributed by atoms with E-state index in [1.807, 2.05) is 49.7 Å². The lowest BCUT2D eigenvalue weighted by Crippen LogP contribution is -2.46. The van der Waals surface area contributed by atoms with Crippen molar-refractivity contribution in [3.63, 3.8) is 0 Å². The third kappa shape index (κ3) is 4.30. The molecule has 1 aliphatic heterocycles. The van der Waals surface area contributed by atoms with Crippen LogP contribution < -0.4 is 15.4 Å². The molecule has 2 fully saturated rings. The molecule has 6 nitrogen and oxygen atoms in total. The van der Waals surface area contributed by atoms with Crippen LogP contribution >= 0.6 is 11.3 Å². The van der Waals surface area contributed by atoms with Crippen molar-refractivity contribution in [2.75, 3.05) is 13.2 Å². The molecule has 1 saturated heterocycles. The Morgan fingerprint density at radius 2 is 2.06 bits per heavy atom. The molecule has 0 bridgehead atoms. The van der Waals surface area contributed by atoms with Crippen LogP contribution in [-0.2, 0) is 5.54 Å². The maximum atomic E-state index is 13.6. The second kappa shape index (κ2) is 8.73. The third-order valence-corrected chi connectivity index (χ3v) is 7.90. The molecule has 1 atom stereocenters. The molecule has 2 aromatic heterocycles. The van der Waals surface area contributed by atoms with E-state index in [1.54, 1.807) is 11.3 Å². The number of benzene rings is 2. The summed E-state index contributed by atoms with van der Waals surface area (Å²) < 4.78 is 5.96. The van der Waals surface area contributed by atoms with Gasteiger partial charge < -0.3 is 15.4 Å². The first-order chi connectivity index (χ1) is 17.0. The first-order valence-electron chi connectivity index (χ1n) is 12.1. The van der Waals surface area contributed by atoms with Gasteiger partial charge in [-0.2, -0.15) is 0 Å². The van der Waals surface area contributed by atoms with Gasteiger partial charge >= 0.3 is 0 Å². The minimum absolute atomic E-state index is 0.0694. The van der Waals surface area contributed by atoms with Gasteiger partial charge in [0.1, 0.15) is 17.4 Å². The second-order valence-electron chi connectivity index (χ2n) is 9.64. The monoisotopic (exact) mass is 484 g/mol. The number of thiazole rings is 1. The number of ether oxygens (including phenoxy) is 1. The standard InChI is InChI=1S/C28H28N4O2S/c1-17-3-5-21(34-16-20-7-10-29-20)15-23(17)26(33)32-28(8-9-28)24-13-19(27-30-11-12-35-27)14-25-22(24)6-4-18(2)31-25/h3-6,11-15,20,29H,7-10,16H2,1-2H3,(H,32,33)/t20-/m0/s1. The number of fused-ring (bicyclic) bond motifs is 1. The summed E-state index contributed by atoms with van der Waals surface area (Å²) in [6.45, 7) is 5.64. The molecule has 35 heavy (non-hydrogen) atoms. The van der Waals surface area contributed by atoms with Crippen LogP contribution in [0.3, 0.4) is 0 Å². The van der Waals surface area contributed by atoms with Crippen LogP contribution in [0.4, 0.5) is 0 Å². The minimum atomic E-state index is -0.404. The highest BCUT2D eigenvalue weighted by Crippen LogP contribution is 2.49. The fraction of sp³-hybridized carbons (Fsp3) is 0.321. The van der Waals surface area contributed by atoms with E-state index >= 15 is 0 Å². The Bertz CT molecular complexity index is 1410. The number of rotatable bonds is 7. The second-order valence-corrected chi connectivity index (χ2v) is 10.5. The highest BCUT2D eigenvalue weighted by molar-refractivity contribution is 7.13. The molecular weight excluding hydrogens is 456 g/mol. The summed E-state index contributed by atoms with van der Waals surface area (Å²) in [5, 5.41) is 10.7. The molecule has 3 heterocycles. The summed E-state index contributed by atoms with van der Waals surface area (Å²) in [5.74, 6) is 0.662. The Hall–Kier alpha value is -3.29. The lowest BCUT2D eigenvalue weighted by Gasteiger charge is -2.27. The lowest BCUT2D eigenvalue weighted by atomic mass is 9.95. The Kier molecular flexibility index (Phi) is 5.54. The quantitative estimate of drug-likeness (QED) is 0.380. The van der Waals surface area contributed by atoms with Crippen LogP contribution in [0.5, 0.6) is 5.75 Å². The zero-order chi connectivity index (χ0) is 24.0. The summed E-state index contributed by atoms with van der Waals surface area (Å²) in [6, 6.07) is 14.6. The molecular formula is C28H28N4O2S. The van der Waals surface area contributed by atoms with Crippen molar-refractivity contribution < 1.29 is 9.53 Å². The molecule has 2 aliphatic rings. The van der Waals surface area contributed by atoms with Crippen LogP contribution in [0.2, 0.25) is 0 Å². The van der Waals surface area contributed by atoms with Gasteiger partial charge in [-0.1, -0.05) is 12.1 Å². The highest BCUT2D eigenvalue weighted by atomic mass is 32.1. The van der Waals surface area contributed by atoms with E-state index < -0.39 is 5.54 Å². The van der Waals surface area contributed by atoms with Crippen LogP contribution in [0.1, 0.15) is 46.4 Å². The minimum Gasteiger partial charge on any atom is -0.492 e. The van der Waals surface area contributed by atoms with Crippen LogP contribution in [0.25, 0.3) is 21.5 Å². The number of carbonyl (C=O) groups is 1. The van der Waals surface area contributed by atoms with Gasteiger partial charge in [0.05, 0.1) is 11.1 Å². The van der Waals surface area contributed by atoms with E-state index in [1.165, 1.54) is 0 Å². The van der Waals surface area contributed by atoms with Crippen LogP contribution in [0, 0.1) is 13.8 Å². The summed E-state index contributed by atoms with van der Waals surface area (Å²) in [5.41, 5.74) is 5.25. The number of nitrogens with zero attached hydrogens (tertiary/aromatic N) is 2. The SMILES string of the molecule is Cc1ccc2c(C3(NC(=O)c4cc(OC[C@@H]5CCN5)ccc4C)CC3)cc(-c3nccs3)cc2n1. The van der Waals surface area contributed by atoms with Crippen molar-refractivity contribution in [1.29, 1.82) is 0 Å². The molecule has 0 unspecified atom stereocenters. The van der Waals surface area contributed by atoms with Crippen molar-refractivity contribution in [3.05, 3.63) is 76.4 Å². The Morgan fingerprint density at radius 3 is 2.77 bits per heavy atom. The largest absolute Gasteiger partial charge is 0.492 e. The molecule has 1 amide bonds. The molecule has 178 valence electrons. The fourth-order valence-corrected chi connectivity index (χ4v) is 5.34. The Morgan fingerprint density at radius 1 is 1.20 bits per heavy atom. The van der Waals surface area contributed by atoms with Crippen molar-refractivity contribution >= 4 is 28.1 Å². The lowest BCUT2D eigenvalue weighted by molar-refractivity contribution is 0.0930. The first kappa shape index (κ1) is 22.2. The van der Waals surface area contributed by atoms with Gasteiger partial charge in [0.2, 0.25) is 0 Å². The van der Waals surface area contributed by atoms with Gasteiger partial charge in [-0.05, 0) is 81.1 Å². The van der Waals surface area contributed by atoms with Gasteiger partial charge in [-0.3, -0.25) is 9.78 Å². The number of hydrogen-bond donors (Lipinski definition) is 2. The summed E-state index contributed by atoms with van der Waals surface area (Å²) in [6.07, 6.45) is 4.74. The summed E-state index contributed by atoms with van der Waals surface area (Å²) in [7, 11) is 0. The molecule has 0 spiro atoms. The highest BCUT2D eigenvalue weighted by Gasteiger charge is 2.47. The Labute approximate surface area is 208 Å². The zero-order valence-electron chi connectivity index (χ0n) is 19.9. The van der Waals surface area contributed by atoms with Gasteiger partial charge in [0.25, 0.3) is 5.91 Å². The molecule has 0 radical (unpaired) electrons. The number of amides is 1. The number of hydrogen-bond acceptors (Lipinski definition) is 6. The van der Waals surface area contributed by atoms with E-state index in [2.05, 4.69) is 33.8 Å². The molecule has 4 aromatic rings. The third-order valence-electron chi connectivity index (χ3n) is 7.07. The van der Waals surface area contributed by atoms with E-state index in [-0.39, 0.29) is 5.91 Å². The van der Waals surface area contributed by atoms with Gasteiger partial charge in [0, 0.05) is 39.8 Å². The van der Waals surface area contributed by atoms with E-state index in [0.29, 0.717) is 18.2 Å². The summed E-state index contributed by atoms with van der Waals surface area (Å²) >= 11 is 1.61. The first-order valence-corrected chi connectivity index (χ1v) is 13.0. The zero-order valence-corrected chi connectivity index (χ0v) is 20.7. The van der Waals surface area contributed by atoms with E-state index in [9.17, 15) is 4.79 Å². The van der Waals surface area contributed by atoms with Gasteiger partial charge in [0.15, 0.2) is 0 Å². The maximum Gasteiger partial charge on any atom is 0.252 e. The number of aromatic nitrogens is 2. The number of pyridine rings is 1. The van der Waals surface area contributed by atoms with E-state index in [4.69, 9.17) is 9.72 Å². The topological polar surface area (TPSA) is 76.1 Å². The van der Waals surface area contributed by atoms with Crippen molar-refractivity contribution in [1.82, 2.24) is 20.6 Å². The Balaban J connectivity index is 1.32. The maximum absolute atomic E-state index is 13.6. The normalized spacial score (nSPS) is 18.2. The van der Waals surface area contributed by atoms with Crippen molar-refractivity contribution in [3.8, 4) is 16.3 Å². The molecule has 1 saturated carbocycles. The molecule has 2 aromatic carbocycles. The summed E-state index contributed by atoms with van der Waals surface area (Å²) in [4.78, 5) is 22.9. The molecule has 7 heteroatoms. The number of nitrogens with one attached hydrogen (secondary N) is 2. The fourth-order valence-electron chi connectivity index (χ4n) is 4.72. The van der Waals surface area contributed by atoms with Crippen LogP contribution in [-0.4, -0.2) is 35.1 Å². The molecule has 2 N–H and O–H groups in total. The molecule has 6 rings (SSSR count). The number of aryl methyl sites for hydroxylation is 2. The smallest absolute Gasteiger partial charge is 0.252 e.